The Kier molecular flexibility index (Phi) is 7.75. The summed E-state index contributed by atoms with van der Waals surface area (Å²) in [5.41, 5.74) is 6.83. The highest BCUT2D eigenvalue weighted by molar-refractivity contribution is 9.10. The van der Waals surface area contributed by atoms with E-state index in [0.29, 0.717) is 13.0 Å². The minimum absolute atomic E-state index is 0.0855. The number of hydrogen-bond donors (Lipinski definition) is 2. The van der Waals surface area contributed by atoms with Crippen LogP contribution in [0.2, 0.25) is 0 Å². The Morgan fingerprint density at radius 2 is 2.16 bits per heavy atom. The van der Waals surface area contributed by atoms with E-state index in [-0.39, 0.29) is 11.9 Å². The van der Waals surface area contributed by atoms with Crippen LogP contribution in [-0.4, -0.2) is 18.5 Å². The molecule has 0 heterocycles. The zero-order valence-electron chi connectivity index (χ0n) is 11.5. The van der Waals surface area contributed by atoms with E-state index in [1.54, 1.807) is 0 Å². The molecule has 1 amide bonds. The summed E-state index contributed by atoms with van der Waals surface area (Å²) in [6.07, 6.45) is 4.45. The van der Waals surface area contributed by atoms with Gasteiger partial charge < -0.3 is 11.1 Å². The summed E-state index contributed by atoms with van der Waals surface area (Å²) in [6, 6.07) is 8.11. The summed E-state index contributed by atoms with van der Waals surface area (Å²) in [6.45, 7) is 2.66. The van der Waals surface area contributed by atoms with E-state index in [2.05, 4.69) is 28.2 Å². The smallest absolute Gasteiger partial charge is 0.220 e. The molecule has 0 saturated carbocycles. The van der Waals surface area contributed by atoms with Crippen LogP contribution in [0.5, 0.6) is 0 Å². The maximum absolute atomic E-state index is 11.9. The summed E-state index contributed by atoms with van der Waals surface area (Å²) in [5.74, 6) is 0.0855. The number of amides is 1. The molecule has 0 radical (unpaired) electrons. The van der Waals surface area contributed by atoms with Crippen LogP contribution in [0.1, 0.15) is 38.2 Å². The minimum atomic E-state index is 0.0855. The van der Waals surface area contributed by atoms with Gasteiger partial charge in [0, 0.05) is 23.5 Å². The quantitative estimate of drug-likeness (QED) is 0.771. The Balaban J connectivity index is 2.36. The highest BCUT2D eigenvalue weighted by atomic mass is 79.9. The molecule has 0 bridgehead atoms. The largest absolute Gasteiger partial charge is 0.352 e. The van der Waals surface area contributed by atoms with Crippen molar-refractivity contribution >= 4 is 21.8 Å². The van der Waals surface area contributed by atoms with Gasteiger partial charge in [-0.15, -0.1) is 0 Å². The molecule has 0 aromatic heterocycles. The minimum Gasteiger partial charge on any atom is -0.352 e. The molecule has 0 aliphatic carbocycles. The van der Waals surface area contributed by atoms with E-state index >= 15 is 0 Å². The Bertz CT molecular complexity index is 395. The van der Waals surface area contributed by atoms with Crippen LogP contribution in [0.15, 0.2) is 28.7 Å². The van der Waals surface area contributed by atoms with Crippen molar-refractivity contribution in [1.29, 1.82) is 0 Å². The number of nitrogens with two attached hydrogens (primary N) is 1. The number of rotatable bonds is 8. The van der Waals surface area contributed by atoms with E-state index in [1.807, 2.05) is 24.3 Å². The van der Waals surface area contributed by atoms with Crippen LogP contribution in [0.4, 0.5) is 0 Å². The predicted octanol–water partition coefficient (Wildman–Crippen LogP) is 3.02. The summed E-state index contributed by atoms with van der Waals surface area (Å²) >= 11 is 3.49. The molecule has 106 valence electrons. The van der Waals surface area contributed by atoms with Crippen molar-refractivity contribution < 1.29 is 4.79 Å². The third-order valence-electron chi connectivity index (χ3n) is 3.14. The van der Waals surface area contributed by atoms with Gasteiger partial charge in [0.2, 0.25) is 5.91 Å². The number of carbonyl (C=O) groups excluding carboxylic acids is 1. The highest BCUT2D eigenvalue weighted by Crippen LogP contribution is 2.17. The molecule has 1 unspecified atom stereocenters. The fraction of sp³-hybridized carbons (Fsp3) is 0.533. The van der Waals surface area contributed by atoms with Crippen molar-refractivity contribution in [3.8, 4) is 0 Å². The second kappa shape index (κ2) is 9.10. The fourth-order valence-corrected chi connectivity index (χ4v) is 2.43. The maximum Gasteiger partial charge on any atom is 0.220 e. The molecule has 3 N–H and O–H groups in total. The van der Waals surface area contributed by atoms with Crippen LogP contribution in [0.3, 0.4) is 0 Å². The van der Waals surface area contributed by atoms with Crippen molar-refractivity contribution in [1.82, 2.24) is 5.32 Å². The molecular weight excluding hydrogens is 304 g/mol. The van der Waals surface area contributed by atoms with Crippen molar-refractivity contribution in [3.63, 3.8) is 0 Å². The Hall–Kier alpha value is -0.870. The number of unbranched alkanes of at least 4 members (excludes halogenated alkanes) is 1. The molecule has 1 atom stereocenters. The van der Waals surface area contributed by atoms with Gasteiger partial charge in [0.1, 0.15) is 0 Å². The first-order chi connectivity index (χ1) is 9.17. The number of carbonyl (C=O) groups is 1. The first-order valence-electron chi connectivity index (χ1n) is 6.90. The molecular formula is C15H23BrN2O. The first kappa shape index (κ1) is 16.2. The molecule has 0 aliphatic rings. The van der Waals surface area contributed by atoms with Gasteiger partial charge >= 0.3 is 0 Å². The lowest BCUT2D eigenvalue weighted by molar-refractivity contribution is -0.121. The van der Waals surface area contributed by atoms with Gasteiger partial charge in [-0.2, -0.15) is 0 Å². The van der Waals surface area contributed by atoms with E-state index in [1.165, 1.54) is 0 Å². The molecule has 1 rings (SSSR count). The third kappa shape index (κ3) is 6.21. The van der Waals surface area contributed by atoms with Crippen LogP contribution >= 0.6 is 15.9 Å². The van der Waals surface area contributed by atoms with Gasteiger partial charge in [-0.1, -0.05) is 53.9 Å². The molecule has 1 aromatic carbocycles. The molecule has 3 nitrogen and oxygen atoms in total. The molecule has 0 aliphatic heterocycles. The van der Waals surface area contributed by atoms with Gasteiger partial charge in [-0.25, -0.2) is 0 Å². The third-order valence-corrected chi connectivity index (χ3v) is 3.91. The lowest BCUT2D eigenvalue weighted by atomic mass is 10.1. The summed E-state index contributed by atoms with van der Waals surface area (Å²) in [4.78, 5) is 11.9. The topological polar surface area (TPSA) is 55.1 Å². The van der Waals surface area contributed by atoms with E-state index in [0.717, 1.165) is 35.7 Å². The Morgan fingerprint density at radius 1 is 1.42 bits per heavy atom. The average Bonchev–Trinajstić information content (AvgIpc) is 2.42. The number of aryl methyl sites for hydroxylation is 1. The van der Waals surface area contributed by atoms with Crippen molar-refractivity contribution in [2.45, 2.75) is 45.1 Å². The van der Waals surface area contributed by atoms with Gasteiger partial charge in [0.05, 0.1) is 0 Å². The molecule has 0 saturated heterocycles. The van der Waals surface area contributed by atoms with Crippen molar-refractivity contribution in [3.05, 3.63) is 34.3 Å². The van der Waals surface area contributed by atoms with E-state index in [4.69, 9.17) is 5.73 Å². The van der Waals surface area contributed by atoms with Gasteiger partial charge in [-0.3, -0.25) is 4.79 Å². The Morgan fingerprint density at radius 3 is 2.79 bits per heavy atom. The number of nitrogens with one attached hydrogen (secondary N) is 1. The lowest BCUT2D eigenvalue weighted by Gasteiger charge is -2.16. The first-order valence-corrected chi connectivity index (χ1v) is 7.69. The molecule has 19 heavy (non-hydrogen) atoms. The standard InChI is InChI=1S/C15H23BrN2O/c1-2-3-7-13(11-17)18-15(19)10-9-12-6-4-5-8-14(12)16/h4-6,8,13H,2-3,7,9-11,17H2,1H3,(H,18,19). The van der Waals surface area contributed by atoms with E-state index < -0.39 is 0 Å². The van der Waals surface area contributed by atoms with Crippen LogP contribution < -0.4 is 11.1 Å². The van der Waals surface area contributed by atoms with E-state index in [9.17, 15) is 4.79 Å². The normalized spacial score (nSPS) is 12.2. The number of hydrogen-bond acceptors (Lipinski definition) is 2. The average molecular weight is 327 g/mol. The number of halogens is 1. The van der Waals surface area contributed by atoms with Crippen LogP contribution in [0, 0.1) is 0 Å². The fourth-order valence-electron chi connectivity index (χ4n) is 1.95. The summed E-state index contributed by atoms with van der Waals surface area (Å²) in [7, 11) is 0. The second-order valence-electron chi connectivity index (χ2n) is 4.73. The Labute approximate surface area is 124 Å². The van der Waals surface area contributed by atoms with Crippen LogP contribution in [-0.2, 0) is 11.2 Å². The molecule has 0 spiro atoms. The van der Waals surface area contributed by atoms with Gasteiger partial charge in [0.15, 0.2) is 0 Å². The monoisotopic (exact) mass is 326 g/mol. The van der Waals surface area contributed by atoms with Gasteiger partial charge in [0.25, 0.3) is 0 Å². The summed E-state index contributed by atoms with van der Waals surface area (Å²) < 4.78 is 1.06. The maximum atomic E-state index is 11.9. The second-order valence-corrected chi connectivity index (χ2v) is 5.59. The van der Waals surface area contributed by atoms with Gasteiger partial charge in [-0.05, 0) is 24.5 Å². The van der Waals surface area contributed by atoms with Crippen LogP contribution in [0.25, 0.3) is 0 Å². The zero-order chi connectivity index (χ0) is 14.1. The SMILES string of the molecule is CCCCC(CN)NC(=O)CCc1ccccc1Br. The predicted molar refractivity (Wildman–Crippen MR) is 83.0 cm³/mol. The lowest BCUT2D eigenvalue weighted by Crippen LogP contribution is -2.40. The molecule has 1 aromatic rings. The highest BCUT2D eigenvalue weighted by Gasteiger charge is 2.10. The zero-order valence-corrected chi connectivity index (χ0v) is 13.1. The molecule has 4 heteroatoms. The van der Waals surface area contributed by atoms with Crippen molar-refractivity contribution in [2.75, 3.05) is 6.54 Å². The number of benzene rings is 1. The summed E-state index contributed by atoms with van der Waals surface area (Å²) in [5, 5.41) is 3.01. The van der Waals surface area contributed by atoms with Crippen molar-refractivity contribution in [2.24, 2.45) is 5.73 Å². The molecule has 0 fully saturated rings.